The van der Waals surface area contributed by atoms with Crippen LogP contribution in [0.1, 0.15) is 40.5 Å². The molecule has 0 aliphatic carbocycles. The molecule has 0 aromatic heterocycles. The summed E-state index contributed by atoms with van der Waals surface area (Å²) in [5.41, 5.74) is -0.282. The molecule has 4 heteroatoms. The van der Waals surface area contributed by atoms with Gasteiger partial charge in [-0.2, -0.15) is 0 Å². The van der Waals surface area contributed by atoms with Gasteiger partial charge in [0, 0.05) is 12.0 Å². The Balaban J connectivity index is 4.00. The summed E-state index contributed by atoms with van der Waals surface area (Å²) in [6.07, 6.45) is -0.0640. The van der Waals surface area contributed by atoms with Crippen LogP contribution in [0.2, 0.25) is 0 Å². The van der Waals surface area contributed by atoms with E-state index in [2.05, 4.69) is 5.32 Å². The van der Waals surface area contributed by atoms with Crippen molar-refractivity contribution >= 4 is 11.9 Å². The van der Waals surface area contributed by atoms with E-state index in [4.69, 9.17) is 5.11 Å². The number of aliphatic carboxylic acids is 1. The van der Waals surface area contributed by atoms with E-state index < -0.39 is 5.97 Å². The van der Waals surface area contributed by atoms with Crippen molar-refractivity contribution in [1.29, 1.82) is 0 Å². The van der Waals surface area contributed by atoms with Gasteiger partial charge in [-0.05, 0) is 19.8 Å². The number of carboxylic acids is 1. The van der Waals surface area contributed by atoms with Crippen molar-refractivity contribution < 1.29 is 14.7 Å². The molecule has 0 saturated carbocycles. The first-order valence-electron chi connectivity index (χ1n) is 4.78. The van der Waals surface area contributed by atoms with Crippen LogP contribution in [-0.4, -0.2) is 22.5 Å². The second-order valence-corrected chi connectivity index (χ2v) is 4.32. The van der Waals surface area contributed by atoms with Gasteiger partial charge in [-0.25, -0.2) is 0 Å². The summed E-state index contributed by atoms with van der Waals surface area (Å²) in [6, 6.07) is 0. The van der Waals surface area contributed by atoms with Gasteiger partial charge in [0.1, 0.15) is 0 Å². The number of carboxylic acid groups (broad SMARTS) is 1. The molecular formula is C10H19NO3. The zero-order chi connectivity index (χ0) is 11.4. The van der Waals surface area contributed by atoms with Gasteiger partial charge in [0.15, 0.2) is 0 Å². The predicted molar refractivity (Wildman–Crippen MR) is 53.9 cm³/mol. The predicted octanol–water partition coefficient (Wildman–Crippen LogP) is 1.40. The first-order chi connectivity index (χ1) is 6.25. The molecule has 0 aliphatic rings. The lowest BCUT2D eigenvalue weighted by Crippen LogP contribution is -2.47. The average Bonchev–Trinajstić information content (AvgIpc) is 1.99. The molecule has 4 nitrogen and oxygen atoms in total. The fourth-order valence-corrected chi connectivity index (χ4v) is 0.787. The number of nitrogens with one attached hydrogen (secondary N) is 1. The third-order valence-corrected chi connectivity index (χ3v) is 2.47. The van der Waals surface area contributed by atoms with Crippen molar-refractivity contribution in [2.45, 2.75) is 46.1 Å². The van der Waals surface area contributed by atoms with Gasteiger partial charge >= 0.3 is 5.97 Å². The van der Waals surface area contributed by atoms with Crippen molar-refractivity contribution in [3.63, 3.8) is 0 Å². The average molecular weight is 201 g/mol. The maximum Gasteiger partial charge on any atom is 0.303 e. The molecule has 0 unspecified atom stereocenters. The quantitative estimate of drug-likeness (QED) is 0.706. The molecule has 1 amide bonds. The Morgan fingerprint density at radius 1 is 1.29 bits per heavy atom. The Morgan fingerprint density at radius 3 is 2.14 bits per heavy atom. The van der Waals surface area contributed by atoms with Gasteiger partial charge in [0.25, 0.3) is 0 Å². The van der Waals surface area contributed by atoms with Crippen LogP contribution in [0.4, 0.5) is 0 Å². The SMILES string of the molecule is CC(C)C(C)(C)NC(=O)CCC(=O)O. The summed E-state index contributed by atoms with van der Waals surface area (Å²) in [7, 11) is 0. The topological polar surface area (TPSA) is 66.4 Å². The van der Waals surface area contributed by atoms with Crippen molar-refractivity contribution in [3.8, 4) is 0 Å². The smallest absolute Gasteiger partial charge is 0.303 e. The molecule has 2 N–H and O–H groups in total. The Kier molecular flexibility index (Phi) is 4.60. The van der Waals surface area contributed by atoms with E-state index in [1.54, 1.807) is 0 Å². The standard InChI is InChI=1S/C10H19NO3/c1-7(2)10(3,4)11-8(12)5-6-9(13)14/h7H,5-6H2,1-4H3,(H,11,12)(H,13,14). The lowest BCUT2D eigenvalue weighted by Gasteiger charge is -2.30. The lowest BCUT2D eigenvalue weighted by molar-refractivity contribution is -0.139. The molecule has 82 valence electrons. The van der Waals surface area contributed by atoms with Crippen molar-refractivity contribution in [2.75, 3.05) is 0 Å². The minimum Gasteiger partial charge on any atom is -0.481 e. The monoisotopic (exact) mass is 201 g/mol. The molecule has 14 heavy (non-hydrogen) atoms. The molecule has 0 spiro atoms. The molecule has 0 radical (unpaired) electrons. The van der Waals surface area contributed by atoms with Gasteiger partial charge in [-0.1, -0.05) is 13.8 Å². The van der Waals surface area contributed by atoms with E-state index in [1.165, 1.54) is 0 Å². The number of amides is 1. The molecule has 0 atom stereocenters. The van der Waals surface area contributed by atoms with Gasteiger partial charge < -0.3 is 10.4 Å². The fraction of sp³-hybridized carbons (Fsp3) is 0.800. The molecule has 0 fully saturated rings. The Hall–Kier alpha value is -1.06. The molecule has 0 aromatic carbocycles. The van der Waals surface area contributed by atoms with Crippen molar-refractivity contribution in [3.05, 3.63) is 0 Å². The summed E-state index contributed by atoms with van der Waals surface area (Å²) < 4.78 is 0. The van der Waals surface area contributed by atoms with Gasteiger partial charge in [-0.3, -0.25) is 9.59 Å². The number of rotatable bonds is 5. The maximum atomic E-state index is 11.3. The number of carbonyl (C=O) groups excluding carboxylic acids is 1. The summed E-state index contributed by atoms with van der Waals surface area (Å²) >= 11 is 0. The van der Waals surface area contributed by atoms with Crippen LogP contribution in [-0.2, 0) is 9.59 Å². The lowest BCUT2D eigenvalue weighted by atomic mass is 9.90. The van der Waals surface area contributed by atoms with E-state index in [1.807, 2.05) is 27.7 Å². The van der Waals surface area contributed by atoms with Crippen LogP contribution in [0, 0.1) is 5.92 Å². The zero-order valence-electron chi connectivity index (χ0n) is 9.26. The summed E-state index contributed by atoms with van der Waals surface area (Å²) in [4.78, 5) is 21.5. The molecule has 0 rings (SSSR count). The van der Waals surface area contributed by atoms with E-state index >= 15 is 0 Å². The number of hydrogen-bond donors (Lipinski definition) is 2. The molecule has 0 saturated heterocycles. The number of hydrogen-bond acceptors (Lipinski definition) is 2. The van der Waals surface area contributed by atoms with E-state index in [0.29, 0.717) is 5.92 Å². The molecule has 0 aliphatic heterocycles. The van der Waals surface area contributed by atoms with Crippen LogP contribution < -0.4 is 5.32 Å². The fourth-order valence-electron chi connectivity index (χ4n) is 0.787. The van der Waals surface area contributed by atoms with Gasteiger partial charge in [0.2, 0.25) is 5.91 Å². The number of carbonyl (C=O) groups is 2. The Bertz CT molecular complexity index is 221. The van der Waals surface area contributed by atoms with Crippen LogP contribution >= 0.6 is 0 Å². The Labute approximate surface area is 84.7 Å². The van der Waals surface area contributed by atoms with Crippen molar-refractivity contribution in [1.82, 2.24) is 5.32 Å². The molecule has 0 heterocycles. The normalized spacial score (nSPS) is 11.5. The highest BCUT2D eigenvalue weighted by atomic mass is 16.4. The van der Waals surface area contributed by atoms with Gasteiger partial charge in [-0.15, -0.1) is 0 Å². The van der Waals surface area contributed by atoms with Crippen LogP contribution in [0.3, 0.4) is 0 Å². The van der Waals surface area contributed by atoms with Crippen molar-refractivity contribution in [2.24, 2.45) is 5.92 Å². The zero-order valence-corrected chi connectivity index (χ0v) is 9.26. The summed E-state index contributed by atoms with van der Waals surface area (Å²) in [6.45, 7) is 7.88. The molecule has 0 bridgehead atoms. The summed E-state index contributed by atoms with van der Waals surface area (Å²) in [5.74, 6) is -0.829. The second-order valence-electron chi connectivity index (χ2n) is 4.32. The maximum absolute atomic E-state index is 11.3. The largest absolute Gasteiger partial charge is 0.481 e. The van der Waals surface area contributed by atoms with Crippen LogP contribution in [0.5, 0.6) is 0 Å². The third-order valence-electron chi connectivity index (χ3n) is 2.47. The van der Waals surface area contributed by atoms with E-state index in [9.17, 15) is 9.59 Å². The first-order valence-corrected chi connectivity index (χ1v) is 4.78. The molecular weight excluding hydrogens is 182 g/mol. The minimum absolute atomic E-state index is 0.0471. The van der Waals surface area contributed by atoms with E-state index in [-0.39, 0.29) is 24.3 Å². The van der Waals surface area contributed by atoms with Crippen LogP contribution in [0.15, 0.2) is 0 Å². The second kappa shape index (κ2) is 4.98. The highest BCUT2D eigenvalue weighted by Gasteiger charge is 2.24. The minimum atomic E-state index is -0.942. The third kappa shape index (κ3) is 4.84. The highest BCUT2D eigenvalue weighted by Crippen LogP contribution is 2.15. The van der Waals surface area contributed by atoms with Crippen LogP contribution in [0.25, 0.3) is 0 Å². The Morgan fingerprint density at radius 2 is 1.79 bits per heavy atom. The first kappa shape index (κ1) is 12.9. The van der Waals surface area contributed by atoms with E-state index in [0.717, 1.165) is 0 Å². The van der Waals surface area contributed by atoms with Gasteiger partial charge in [0.05, 0.1) is 6.42 Å². The summed E-state index contributed by atoms with van der Waals surface area (Å²) in [5, 5.41) is 11.2. The molecule has 0 aromatic rings. The highest BCUT2D eigenvalue weighted by molar-refractivity contribution is 5.81.